The predicted molar refractivity (Wildman–Crippen MR) is 85.9 cm³/mol. The van der Waals surface area contributed by atoms with Crippen LogP contribution in [0.3, 0.4) is 0 Å². The zero-order valence-electron chi connectivity index (χ0n) is 13.2. The van der Waals surface area contributed by atoms with Crippen LogP contribution in [-0.4, -0.2) is 35.1 Å². The third kappa shape index (κ3) is 4.00. The van der Waals surface area contributed by atoms with E-state index in [1.165, 1.54) is 0 Å². The number of hydrogen-bond donors (Lipinski definition) is 2. The van der Waals surface area contributed by atoms with Crippen LogP contribution < -0.4 is 5.32 Å². The van der Waals surface area contributed by atoms with Crippen molar-refractivity contribution in [1.29, 1.82) is 0 Å². The van der Waals surface area contributed by atoms with Gasteiger partial charge in [-0.1, -0.05) is 38.5 Å². The number of anilines is 1. The maximum atomic E-state index is 12.5. The number of rotatable bonds is 4. The number of aryl methyl sites for hydroxylation is 1. The molecule has 120 valence electrons. The number of benzene rings is 1. The fraction of sp³-hybridized carbons (Fsp3) is 0.529. The molecule has 2 N–H and O–H groups in total. The quantitative estimate of drug-likeness (QED) is 0.897. The number of amides is 2. The Bertz CT molecular complexity index is 544. The van der Waals surface area contributed by atoms with Crippen molar-refractivity contribution in [2.45, 2.75) is 33.1 Å². The van der Waals surface area contributed by atoms with Crippen molar-refractivity contribution in [3.8, 4) is 0 Å². The van der Waals surface area contributed by atoms with E-state index >= 15 is 0 Å². The Morgan fingerprint density at radius 3 is 2.73 bits per heavy atom. The van der Waals surface area contributed by atoms with E-state index in [1.54, 1.807) is 4.90 Å². The van der Waals surface area contributed by atoms with Gasteiger partial charge < -0.3 is 15.3 Å². The molecular formula is C17H24N2O3. The molecular weight excluding hydrogens is 280 g/mol. The van der Waals surface area contributed by atoms with Gasteiger partial charge in [-0.3, -0.25) is 4.79 Å². The van der Waals surface area contributed by atoms with Crippen LogP contribution in [-0.2, 0) is 11.2 Å². The van der Waals surface area contributed by atoms with Crippen LogP contribution >= 0.6 is 0 Å². The third-order valence-corrected chi connectivity index (χ3v) is 4.07. The zero-order valence-corrected chi connectivity index (χ0v) is 13.2. The van der Waals surface area contributed by atoms with Gasteiger partial charge in [-0.05, 0) is 30.4 Å². The number of carbonyl (C=O) groups is 2. The van der Waals surface area contributed by atoms with Crippen molar-refractivity contribution in [2.75, 3.05) is 18.4 Å². The molecule has 0 aromatic heterocycles. The molecule has 0 radical (unpaired) electrons. The SMILES string of the molecule is CCCc1ccccc1NC(=O)N1CC(C)CC(C(=O)O)C1. The summed E-state index contributed by atoms with van der Waals surface area (Å²) < 4.78 is 0. The average molecular weight is 304 g/mol. The molecule has 5 nitrogen and oxygen atoms in total. The molecule has 1 aromatic rings. The Morgan fingerprint density at radius 2 is 2.05 bits per heavy atom. The Kier molecular flexibility index (Phi) is 5.41. The normalized spacial score (nSPS) is 21.5. The molecule has 2 atom stereocenters. The van der Waals surface area contributed by atoms with Gasteiger partial charge in [-0.15, -0.1) is 0 Å². The second-order valence-electron chi connectivity index (χ2n) is 6.12. The largest absolute Gasteiger partial charge is 0.481 e. The van der Waals surface area contributed by atoms with E-state index in [2.05, 4.69) is 12.2 Å². The highest BCUT2D eigenvalue weighted by atomic mass is 16.4. The molecule has 0 spiro atoms. The number of piperidine rings is 1. The molecule has 1 heterocycles. The van der Waals surface area contributed by atoms with E-state index in [4.69, 9.17) is 0 Å². The topological polar surface area (TPSA) is 69.6 Å². The first kappa shape index (κ1) is 16.3. The lowest BCUT2D eigenvalue weighted by Crippen LogP contribution is -2.47. The van der Waals surface area contributed by atoms with Crippen LogP contribution in [0.2, 0.25) is 0 Å². The highest BCUT2D eigenvalue weighted by molar-refractivity contribution is 5.90. The van der Waals surface area contributed by atoms with Gasteiger partial charge in [0.1, 0.15) is 0 Å². The summed E-state index contributed by atoms with van der Waals surface area (Å²) in [6.07, 6.45) is 2.55. The summed E-state index contributed by atoms with van der Waals surface area (Å²) in [6, 6.07) is 7.56. The van der Waals surface area contributed by atoms with Crippen LogP contribution in [0.15, 0.2) is 24.3 Å². The number of carbonyl (C=O) groups excluding carboxylic acids is 1. The van der Waals surface area contributed by atoms with Crippen LogP contribution in [0.4, 0.5) is 10.5 Å². The molecule has 0 saturated carbocycles. The maximum Gasteiger partial charge on any atom is 0.321 e. The van der Waals surface area contributed by atoms with Gasteiger partial charge in [0.2, 0.25) is 0 Å². The second-order valence-corrected chi connectivity index (χ2v) is 6.12. The fourth-order valence-electron chi connectivity index (χ4n) is 3.02. The predicted octanol–water partition coefficient (Wildman–Crippen LogP) is 3.21. The number of hydrogen-bond acceptors (Lipinski definition) is 2. The molecule has 1 aliphatic rings. The number of urea groups is 1. The summed E-state index contributed by atoms with van der Waals surface area (Å²) in [5.41, 5.74) is 1.93. The van der Waals surface area contributed by atoms with Crippen molar-refractivity contribution in [2.24, 2.45) is 11.8 Å². The van der Waals surface area contributed by atoms with E-state index in [0.29, 0.717) is 13.0 Å². The van der Waals surface area contributed by atoms with Crippen molar-refractivity contribution in [3.05, 3.63) is 29.8 Å². The number of likely N-dealkylation sites (tertiary alicyclic amines) is 1. The molecule has 2 unspecified atom stereocenters. The zero-order chi connectivity index (χ0) is 16.1. The average Bonchev–Trinajstić information content (AvgIpc) is 2.48. The van der Waals surface area contributed by atoms with Crippen molar-refractivity contribution in [3.63, 3.8) is 0 Å². The number of aliphatic carboxylic acids is 1. The van der Waals surface area contributed by atoms with E-state index in [9.17, 15) is 14.7 Å². The molecule has 1 aromatic carbocycles. The minimum Gasteiger partial charge on any atom is -0.481 e. The number of nitrogens with one attached hydrogen (secondary N) is 1. The second kappa shape index (κ2) is 7.29. The van der Waals surface area contributed by atoms with Gasteiger partial charge in [0.25, 0.3) is 0 Å². The highest BCUT2D eigenvalue weighted by Gasteiger charge is 2.32. The molecule has 22 heavy (non-hydrogen) atoms. The van der Waals surface area contributed by atoms with E-state index < -0.39 is 11.9 Å². The van der Waals surface area contributed by atoms with Crippen molar-refractivity contribution >= 4 is 17.7 Å². The molecule has 0 aliphatic carbocycles. The number of carboxylic acid groups (broad SMARTS) is 1. The summed E-state index contributed by atoms with van der Waals surface area (Å²) in [5, 5.41) is 12.1. The summed E-state index contributed by atoms with van der Waals surface area (Å²) >= 11 is 0. The lowest BCUT2D eigenvalue weighted by Gasteiger charge is -2.34. The van der Waals surface area contributed by atoms with Gasteiger partial charge >= 0.3 is 12.0 Å². The summed E-state index contributed by atoms with van der Waals surface area (Å²) in [6.45, 7) is 4.97. The fourth-order valence-corrected chi connectivity index (χ4v) is 3.02. The van der Waals surface area contributed by atoms with Crippen LogP contribution in [0, 0.1) is 11.8 Å². The molecule has 1 fully saturated rings. The Labute approximate surface area is 131 Å². The van der Waals surface area contributed by atoms with Crippen molar-refractivity contribution in [1.82, 2.24) is 4.90 Å². The van der Waals surface area contributed by atoms with Crippen LogP contribution in [0.5, 0.6) is 0 Å². The number of carboxylic acids is 1. The van der Waals surface area contributed by atoms with Gasteiger partial charge in [-0.25, -0.2) is 4.79 Å². The first-order valence-electron chi connectivity index (χ1n) is 7.87. The number of nitrogens with zero attached hydrogens (tertiary/aromatic N) is 1. The summed E-state index contributed by atoms with van der Waals surface area (Å²) in [7, 11) is 0. The van der Waals surface area contributed by atoms with E-state index in [-0.39, 0.29) is 18.5 Å². The lowest BCUT2D eigenvalue weighted by atomic mass is 9.91. The minimum atomic E-state index is -0.823. The first-order chi connectivity index (χ1) is 10.5. The van der Waals surface area contributed by atoms with E-state index in [1.807, 2.05) is 31.2 Å². The van der Waals surface area contributed by atoms with Crippen LogP contribution in [0.25, 0.3) is 0 Å². The summed E-state index contributed by atoms with van der Waals surface area (Å²) in [5.74, 6) is -1.09. The Balaban J connectivity index is 2.07. The third-order valence-electron chi connectivity index (χ3n) is 4.07. The molecule has 1 aliphatic heterocycles. The minimum absolute atomic E-state index is 0.200. The Morgan fingerprint density at radius 1 is 1.32 bits per heavy atom. The molecule has 2 amide bonds. The molecule has 1 saturated heterocycles. The number of para-hydroxylation sites is 1. The van der Waals surface area contributed by atoms with Gasteiger partial charge in [0, 0.05) is 18.8 Å². The van der Waals surface area contributed by atoms with Crippen molar-refractivity contribution < 1.29 is 14.7 Å². The van der Waals surface area contributed by atoms with E-state index in [0.717, 1.165) is 24.1 Å². The highest BCUT2D eigenvalue weighted by Crippen LogP contribution is 2.23. The molecule has 2 rings (SSSR count). The van der Waals surface area contributed by atoms with Gasteiger partial charge in [0.15, 0.2) is 0 Å². The standard InChI is InChI=1S/C17H24N2O3/c1-3-6-13-7-4-5-8-15(13)18-17(22)19-10-12(2)9-14(11-19)16(20)21/h4-5,7-8,12,14H,3,6,9-11H2,1-2H3,(H,18,22)(H,20,21). The van der Waals surface area contributed by atoms with Gasteiger partial charge in [-0.2, -0.15) is 0 Å². The maximum absolute atomic E-state index is 12.5. The lowest BCUT2D eigenvalue weighted by molar-refractivity contribution is -0.143. The molecule has 5 heteroatoms. The summed E-state index contributed by atoms with van der Waals surface area (Å²) in [4.78, 5) is 25.3. The smallest absolute Gasteiger partial charge is 0.321 e. The Hall–Kier alpha value is -2.04. The first-order valence-corrected chi connectivity index (χ1v) is 7.87. The monoisotopic (exact) mass is 304 g/mol. The van der Waals surface area contributed by atoms with Gasteiger partial charge in [0.05, 0.1) is 5.92 Å². The molecule has 0 bridgehead atoms. The van der Waals surface area contributed by atoms with Crippen LogP contribution in [0.1, 0.15) is 32.3 Å².